The summed E-state index contributed by atoms with van der Waals surface area (Å²) in [5.74, 6) is -1.79. The van der Waals surface area contributed by atoms with Gasteiger partial charge in [-0.1, -0.05) is 20.8 Å². The Labute approximate surface area is 147 Å². The van der Waals surface area contributed by atoms with Crippen molar-refractivity contribution in [2.75, 3.05) is 19.6 Å². The Balaban J connectivity index is 4.41. The number of carbonyl (C=O) groups excluding carboxylic acids is 5. The Morgan fingerprint density at radius 1 is 0.800 bits per heavy atom. The van der Waals surface area contributed by atoms with Crippen LogP contribution < -0.4 is 21.3 Å². The van der Waals surface area contributed by atoms with Gasteiger partial charge in [0.2, 0.25) is 23.6 Å². The summed E-state index contributed by atoms with van der Waals surface area (Å²) in [6, 6.07) is -0.788. The normalized spacial score (nSPS) is 11.4. The lowest BCUT2D eigenvalue weighted by atomic mass is 10.0. The second kappa shape index (κ2) is 12.0. The molecule has 4 N–H and O–H groups in total. The lowest BCUT2D eigenvalue weighted by Gasteiger charge is -2.20. The third-order valence-electron chi connectivity index (χ3n) is 3.08. The highest BCUT2D eigenvalue weighted by atomic mass is 16.2. The molecule has 0 aliphatic carbocycles. The Morgan fingerprint density at radius 2 is 1.36 bits per heavy atom. The van der Waals surface area contributed by atoms with Gasteiger partial charge in [-0.15, -0.1) is 0 Å². The second-order valence-corrected chi connectivity index (χ2v) is 6.08. The number of hydrogen-bond acceptors (Lipinski definition) is 5. The number of nitrogens with one attached hydrogen (secondary N) is 4. The smallest absolute Gasteiger partial charge is 0.242 e. The van der Waals surface area contributed by atoms with Crippen molar-refractivity contribution in [1.29, 1.82) is 0 Å². The van der Waals surface area contributed by atoms with Gasteiger partial charge < -0.3 is 21.3 Å². The van der Waals surface area contributed by atoms with E-state index >= 15 is 0 Å². The Hall–Kier alpha value is -2.45. The minimum Gasteiger partial charge on any atom is -0.347 e. The largest absolute Gasteiger partial charge is 0.347 e. The van der Waals surface area contributed by atoms with Gasteiger partial charge in [0.25, 0.3) is 0 Å². The van der Waals surface area contributed by atoms with Gasteiger partial charge in [0, 0.05) is 6.42 Å². The van der Waals surface area contributed by atoms with Gasteiger partial charge in [-0.25, -0.2) is 0 Å². The summed E-state index contributed by atoms with van der Waals surface area (Å²) in [4.78, 5) is 57.5. The first kappa shape index (κ1) is 22.6. The lowest BCUT2D eigenvalue weighted by molar-refractivity contribution is -0.131. The molecule has 4 amide bonds. The van der Waals surface area contributed by atoms with Crippen LogP contribution in [0.4, 0.5) is 0 Å². The van der Waals surface area contributed by atoms with Crippen LogP contribution in [0.5, 0.6) is 0 Å². The van der Waals surface area contributed by atoms with Crippen LogP contribution in [0.15, 0.2) is 0 Å². The molecule has 0 saturated carbocycles. The minimum atomic E-state index is -0.788. The van der Waals surface area contributed by atoms with E-state index in [0.717, 1.165) is 0 Å². The van der Waals surface area contributed by atoms with Crippen molar-refractivity contribution in [3.8, 4) is 0 Å². The second-order valence-electron chi connectivity index (χ2n) is 6.08. The van der Waals surface area contributed by atoms with Crippen molar-refractivity contribution < 1.29 is 24.0 Å². The predicted octanol–water partition coefficient (Wildman–Crippen LogP) is -1.14. The topological polar surface area (TPSA) is 133 Å². The molecule has 0 spiro atoms. The standard InChI is InChI=1S/C16H28N4O5/c1-5-13(22)17-8-14(23)18-9-15(24)20-12(6-10(2)3)16(25)19-7-11(4)21/h10,12H,5-9H2,1-4H3,(H,17,22)(H,18,23)(H,19,25)(H,20,24)/t12-/m1/s1. The average Bonchev–Trinajstić information content (AvgIpc) is 2.54. The van der Waals surface area contributed by atoms with Gasteiger partial charge in [0.15, 0.2) is 0 Å². The summed E-state index contributed by atoms with van der Waals surface area (Å²) in [6.07, 6.45) is 0.663. The van der Waals surface area contributed by atoms with Crippen molar-refractivity contribution in [2.45, 2.75) is 46.6 Å². The van der Waals surface area contributed by atoms with Crippen molar-refractivity contribution in [3.05, 3.63) is 0 Å². The van der Waals surface area contributed by atoms with E-state index in [1.807, 2.05) is 13.8 Å². The quantitative estimate of drug-likeness (QED) is 0.371. The zero-order valence-corrected chi connectivity index (χ0v) is 15.2. The molecule has 0 aromatic heterocycles. The van der Waals surface area contributed by atoms with E-state index in [4.69, 9.17) is 0 Å². The molecule has 0 fully saturated rings. The summed E-state index contributed by atoms with van der Waals surface area (Å²) in [5, 5.41) is 9.75. The van der Waals surface area contributed by atoms with Crippen LogP contribution >= 0.6 is 0 Å². The molecule has 9 nitrogen and oxygen atoms in total. The Morgan fingerprint density at radius 3 is 1.88 bits per heavy atom. The molecule has 0 unspecified atom stereocenters. The van der Waals surface area contributed by atoms with Crippen LogP contribution in [0.25, 0.3) is 0 Å². The van der Waals surface area contributed by atoms with Gasteiger partial charge in [-0.05, 0) is 19.3 Å². The molecule has 142 valence electrons. The Bertz CT molecular complexity index is 505. The lowest BCUT2D eigenvalue weighted by Crippen LogP contribution is -2.51. The molecular weight excluding hydrogens is 328 g/mol. The molecule has 0 radical (unpaired) electrons. The summed E-state index contributed by atoms with van der Waals surface area (Å²) in [6.45, 7) is 6.18. The summed E-state index contributed by atoms with van der Waals surface area (Å²) in [5.41, 5.74) is 0. The minimum absolute atomic E-state index is 0.100. The molecule has 0 aromatic carbocycles. The maximum Gasteiger partial charge on any atom is 0.242 e. The molecule has 0 rings (SSSR count). The van der Waals surface area contributed by atoms with Crippen molar-refractivity contribution in [2.24, 2.45) is 5.92 Å². The van der Waals surface area contributed by atoms with Crippen LogP contribution in [0, 0.1) is 5.92 Å². The molecule has 0 heterocycles. The van der Waals surface area contributed by atoms with E-state index in [1.54, 1.807) is 6.92 Å². The fraction of sp³-hybridized carbons (Fsp3) is 0.688. The molecule has 1 atom stereocenters. The van der Waals surface area contributed by atoms with E-state index in [9.17, 15) is 24.0 Å². The first-order valence-corrected chi connectivity index (χ1v) is 8.25. The van der Waals surface area contributed by atoms with Gasteiger partial charge in [-0.3, -0.25) is 24.0 Å². The van der Waals surface area contributed by atoms with E-state index < -0.39 is 23.8 Å². The van der Waals surface area contributed by atoms with Crippen LogP contribution in [-0.2, 0) is 24.0 Å². The van der Waals surface area contributed by atoms with Crippen LogP contribution in [0.3, 0.4) is 0 Å². The first-order valence-electron chi connectivity index (χ1n) is 8.25. The maximum atomic E-state index is 12.1. The van der Waals surface area contributed by atoms with E-state index in [1.165, 1.54) is 6.92 Å². The number of ketones is 1. The zero-order chi connectivity index (χ0) is 19.4. The number of hydrogen-bond donors (Lipinski definition) is 4. The highest BCUT2D eigenvalue weighted by Crippen LogP contribution is 2.04. The first-order chi connectivity index (χ1) is 11.6. The van der Waals surface area contributed by atoms with Gasteiger partial charge in [0.05, 0.1) is 19.6 Å². The highest BCUT2D eigenvalue weighted by molar-refractivity contribution is 5.92. The molecule has 0 aliphatic rings. The summed E-state index contributed by atoms with van der Waals surface area (Å²) < 4.78 is 0. The number of rotatable bonds is 11. The van der Waals surface area contributed by atoms with Crippen LogP contribution in [-0.4, -0.2) is 55.1 Å². The SMILES string of the molecule is CCC(=O)NCC(=O)NCC(=O)N[C@H](CC(C)C)C(=O)NCC(C)=O. The van der Waals surface area contributed by atoms with Gasteiger partial charge in [0.1, 0.15) is 11.8 Å². The third kappa shape index (κ3) is 11.7. The molecule has 0 aliphatic heterocycles. The van der Waals surface area contributed by atoms with Crippen molar-refractivity contribution in [3.63, 3.8) is 0 Å². The molecule has 0 saturated heterocycles. The Kier molecular flexibility index (Phi) is 10.8. The molecule has 0 bridgehead atoms. The third-order valence-corrected chi connectivity index (χ3v) is 3.08. The van der Waals surface area contributed by atoms with E-state index in [-0.39, 0.29) is 43.7 Å². The summed E-state index contributed by atoms with van der Waals surface area (Å²) in [7, 11) is 0. The number of carbonyl (C=O) groups is 5. The fourth-order valence-corrected chi connectivity index (χ4v) is 1.83. The van der Waals surface area contributed by atoms with Crippen molar-refractivity contribution >= 4 is 29.4 Å². The average molecular weight is 356 g/mol. The van der Waals surface area contributed by atoms with Gasteiger partial charge >= 0.3 is 0 Å². The van der Waals surface area contributed by atoms with Crippen LogP contribution in [0.1, 0.15) is 40.5 Å². The predicted molar refractivity (Wildman–Crippen MR) is 91.4 cm³/mol. The zero-order valence-electron chi connectivity index (χ0n) is 15.2. The fourth-order valence-electron chi connectivity index (χ4n) is 1.83. The van der Waals surface area contributed by atoms with Gasteiger partial charge in [-0.2, -0.15) is 0 Å². The molecule has 9 heteroatoms. The van der Waals surface area contributed by atoms with Crippen molar-refractivity contribution in [1.82, 2.24) is 21.3 Å². The molecule has 0 aromatic rings. The number of Topliss-reactive ketones (excluding diaryl/α,β-unsaturated/α-hetero) is 1. The number of amides is 4. The van der Waals surface area contributed by atoms with E-state index in [0.29, 0.717) is 6.42 Å². The van der Waals surface area contributed by atoms with E-state index in [2.05, 4.69) is 21.3 Å². The highest BCUT2D eigenvalue weighted by Gasteiger charge is 2.22. The summed E-state index contributed by atoms with van der Waals surface area (Å²) >= 11 is 0. The molecular formula is C16H28N4O5. The maximum absolute atomic E-state index is 12.1. The molecule has 25 heavy (non-hydrogen) atoms. The van der Waals surface area contributed by atoms with Crippen LogP contribution in [0.2, 0.25) is 0 Å². The monoisotopic (exact) mass is 356 g/mol.